The van der Waals surface area contributed by atoms with E-state index in [9.17, 15) is 0 Å². The van der Waals surface area contributed by atoms with E-state index in [1.54, 1.807) is 0 Å². The standard InChI is InChI=1S/C18H19N3O3/c1-3-22-16-10-13(17-20-21-18(19)24-17)8-9-15(16)23-11-14-7-5-4-6-12(14)2/h4-10H,3,11H2,1-2H3,(H2,19,21). The number of benzene rings is 2. The lowest BCUT2D eigenvalue weighted by Gasteiger charge is -2.13. The van der Waals surface area contributed by atoms with Crippen LogP contribution in [0.2, 0.25) is 0 Å². The smallest absolute Gasteiger partial charge is 0.313 e. The highest BCUT2D eigenvalue weighted by Crippen LogP contribution is 2.33. The second kappa shape index (κ2) is 7.04. The molecule has 1 heterocycles. The average molecular weight is 325 g/mol. The maximum Gasteiger partial charge on any atom is 0.313 e. The van der Waals surface area contributed by atoms with Gasteiger partial charge in [-0.15, -0.1) is 5.10 Å². The SMILES string of the molecule is CCOc1cc(-c2nnc(N)o2)ccc1OCc1ccccc1C. The van der Waals surface area contributed by atoms with Gasteiger partial charge in [-0.2, -0.15) is 0 Å². The third-order valence-electron chi connectivity index (χ3n) is 3.58. The molecule has 0 aliphatic rings. The fraction of sp³-hybridized carbons (Fsp3) is 0.222. The van der Waals surface area contributed by atoms with E-state index in [1.165, 1.54) is 5.56 Å². The molecule has 1 aromatic heterocycles. The molecule has 0 bridgehead atoms. The zero-order chi connectivity index (χ0) is 16.9. The Hall–Kier alpha value is -3.02. The predicted octanol–water partition coefficient (Wildman–Crippen LogP) is 3.60. The van der Waals surface area contributed by atoms with Crippen LogP contribution in [0, 0.1) is 6.92 Å². The lowest BCUT2D eigenvalue weighted by Crippen LogP contribution is -2.01. The van der Waals surface area contributed by atoms with Crippen LogP contribution >= 0.6 is 0 Å². The van der Waals surface area contributed by atoms with Crippen LogP contribution in [0.3, 0.4) is 0 Å². The average Bonchev–Trinajstić information content (AvgIpc) is 3.02. The summed E-state index contributed by atoms with van der Waals surface area (Å²) in [5.41, 5.74) is 8.52. The molecular weight excluding hydrogens is 306 g/mol. The van der Waals surface area contributed by atoms with Crippen LogP contribution in [0.1, 0.15) is 18.1 Å². The Morgan fingerprint density at radius 3 is 2.58 bits per heavy atom. The van der Waals surface area contributed by atoms with Gasteiger partial charge in [0.1, 0.15) is 6.61 Å². The zero-order valence-electron chi connectivity index (χ0n) is 13.7. The minimum atomic E-state index is 0.0304. The van der Waals surface area contributed by atoms with Crippen LogP contribution in [0.15, 0.2) is 46.9 Å². The molecule has 6 nitrogen and oxygen atoms in total. The Morgan fingerprint density at radius 1 is 1.04 bits per heavy atom. The van der Waals surface area contributed by atoms with E-state index in [-0.39, 0.29) is 6.01 Å². The van der Waals surface area contributed by atoms with Crippen molar-refractivity contribution in [1.29, 1.82) is 0 Å². The minimum absolute atomic E-state index is 0.0304. The van der Waals surface area contributed by atoms with Crippen molar-refractivity contribution in [1.82, 2.24) is 10.2 Å². The summed E-state index contributed by atoms with van der Waals surface area (Å²) in [5, 5.41) is 7.55. The van der Waals surface area contributed by atoms with Crippen molar-refractivity contribution < 1.29 is 13.9 Å². The molecule has 0 atom stereocenters. The van der Waals surface area contributed by atoms with Crippen molar-refractivity contribution in [3.63, 3.8) is 0 Å². The molecule has 24 heavy (non-hydrogen) atoms. The van der Waals surface area contributed by atoms with Gasteiger partial charge in [-0.05, 0) is 43.2 Å². The molecule has 0 unspecified atom stereocenters. The van der Waals surface area contributed by atoms with Crippen molar-refractivity contribution in [2.24, 2.45) is 0 Å². The second-order valence-electron chi connectivity index (χ2n) is 5.26. The van der Waals surface area contributed by atoms with Crippen molar-refractivity contribution in [3.8, 4) is 23.0 Å². The number of ether oxygens (including phenoxy) is 2. The van der Waals surface area contributed by atoms with Gasteiger partial charge in [0.15, 0.2) is 11.5 Å². The number of aryl methyl sites for hydroxylation is 1. The number of nitrogen functional groups attached to an aromatic ring is 1. The first-order valence-electron chi connectivity index (χ1n) is 7.71. The Balaban J connectivity index is 1.83. The molecule has 0 amide bonds. The summed E-state index contributed by atoms with van der Waals surface area (Å²) in [6, 6.07) is 13.6. The zero-order valence-corrected chi connectivity index (χ0v) is 13.7. The predicted molar refractivity (Wildman–Crippen MR) is 90.8 cm³/mol. The second-order valence-corrected chi connectivity index (χ2v) is 5.26. The lowest BCUT2D eigenvalue weighted by atomic mass is 10.1. The molecule has 0 aliphatic heterocycles. The minimum Gasteiger partial charge on any atom is -0.490 e. The van der Waals surface area contributed by atoms with E-state index in [4.69, 9.17) is 19.6 Å². The quantitative estimate of drug-likeness (QED) is 0.745. The first-order chi connectivity index (χ1) is 11.7. The van der Waals surface area contributed by atoms with Gasteiger partial charge in [-0.3, -0.25) is 0 Å². The molecule has 0 spiro atoms. The molecule has 0 fully saturated rings. The van der Waals surface area contributed by atoms with Crippen LogP contribution in [0.4, 0.5) is 6.01 Å². The van der Waals surface area contributed by atoms with Gasteiger partial charge in [-0.25, -0.2) is 0 Å². The molecular formula is C18H19N3O3. The number of nitrogens with zero attached hydrogens (tertiary/aromatic N) is 2. The van der Waals surface area contributed by atoms with Crippen molar-refractivity contribution >= 4 is 6.01 Å². The van der Waals surface area contributed by atoms with Crippen molar-refractivity contribution in [3.05, 3.63) is 53.6 Å². The van der Waals surface area contributed by atoms with Crippen LogP contribution in [0.5, 0.6) is 11.5 Å². The summed E-state index contributed by atoms with van der Waals surface area (Å²) >= 11 is 0. The van der Waals surface area contributed by atoms with E-state index in [0.29, 0.717) is 30.6 Å². The molecule has 124 valence electrons. The lowest BCUT2D eigenvalue weighted by molar-refractivity contribution is 0.269. The molecule has 3 rings (SSSR count). The van der Waals surface area contributed by atoms with E-state index in [0.717, 1.165) is 11.1 Å². The van der Waals surface area contributed by atoms with Gasteiger partial charge in [0, 0.05) is 5.56 Å². The number of nitrogens with two attached hydrogens (primary N) is 1. The highest BCUT2D eigenvalue weighted by atomic mass is 16.5. The number of anilines is 1. The van der Waals surface area contributed by atoms with Crippen LogP contribution < -0.4 is 15.2 Å². The van der Waals surface area contributed by atoms with Crippen LogP contribution in [0.25, 0.3) is 11.5 Å². The first kappa shape index (κ1) is 15.9. The monoisotopic (exact) mass is 325 g/mol. The molecule has 3 aromatic rings. The third kappa shape index (κ3) is 3.48. The van der Waals surface area contributed by atoms with Gasteiger partial charge in [-0.1, -0.05) is 29.4 Å². The maximum absolute atomic E-state index is 5.94. The summed E-state index contributed by atoms with van der Waals surface area (Å²) in [5.74, 6) is 1.63. The number of aromatic nitrogens is 2. The number of hydrogen-bond donors (Lipinski definition) is 1. The first-order valence-corrected chi connectivity index (χ1v) is 7.71. The summed E-state index contributed by atoms with van der Waals surface area (Å²) < 4.78 is 16.9. The summed E-state index contributed by atoms with van der Waals surface area (Å²) in [6.07, 6.45) is 0. The molecule has 0 aliphatic carbocycles. The highest BCUT2D eigenvalue weighted by Gasteiger charge is 2.12. The van der Waals surface area contributed by atoms with Gasteiger partial charge in [0.05, 0.1) is 6.61 Å². The molecule has 2 N–H and O–H groups in total. The largest absolute Gasteiger partial charge is 0.490 e. The topological polar surface area (TPSA) is 83.4 Å². The van der Waals surface area contributed by atoms with E-state index in [1.807, 2.05) is 43.3 Å². The fourth-order valence-corrected chi connectivity index (χ4v) is 2.31. The van der Waals surface area contributed by atoms with Gasteiger partial charge in [0.25, 0.3) is 0 Å². The molecule has 2 aromatic carbocycles. The van der Waals surface area contributed by atoms with Crippen LogP contribution in [-0.4, -0.2) is 16.8 Å². The maximum atomic E-state index is 5.94. The Labute approximate surface area is 140 Å². The molecule has 0 radical (unpaired) electrons. The van der Waals surface area contributed by atoms with E-state index < -0.39 is 0 Å². The molecule has 0 saturated carbocycles. The fourth-order valence-electron chi connectivity index (χ4n) is 2.31. The van der Waals surface area contributed by atoms with Gasteiger partial charge in [0.2, 0.25) is 5.89 Å². The van der Waals surface area contributed by atoms with Crippen LogP contribution in [-0.2, 0) is 6.61 Å². The Morgan fingerprint density at radius 2 is 1.88 bits per heavy atom. The molecule has 0 saturated heterocycles. The summed E-state index contributed by atoms with van der Waals surface area (Å²) in [6.45, 7) is 4.98. The van der Waals surface area contributed by atoms with Crippen molar-refractivity contribution in [2.75, 3.05) is 12.3 Å². The van der Waals surface area contributed by atoms with Gasteiger partial charge >= 0.3 is 6.01 Å². The normalized spacial score (nSPS) is 10.6. The number of hydrogen-bond acceptors (Lipinski definition) is 6. The Bertz CT molecular complexity index is 830. The number of rotatable bonds is 6. The highest BCUT2D eigenvalue weighted by molar-refractivity contribution is 5.60. The summed E-state index contributed by atoms with van der Waals surface area (Å²) in [4.78, 5) is 0. The van der Waals surface area contributed by atoms with Crippen molar-refractivity contribution in [2.45, 2.75) is 20.5 Å². The van der Waals surface area contributed by atoms with E-state index in [2.05, 4.69) is 23.2 Å². The third-order valence-corrected chi connectivity index (χ3v) is 3.58. The summed E-state index contributed by atoms with van der Waals surface area (Å²) in [7, 11) is 0. The molecule has 6 heteroatoms. The van der Waals surface area contributed by atoms with E-state index >= 15 is 0 Å². The Kier molecular flexibility index (Phi) is 4.65. The van der Waals surface area contributed by atoms with Gasteiger partial charge < -0.3 is 19.6 Å².